The Morgan fingerprint density at radius 1 is 1.29 bits per heavy atom. The van der Waals surface area contributed by atoms with E-state index >= 15 is 0 Å². The van der Waals surface area contributed by atoms with E-state index in [1.165, 1.54) is 19.3 Å². The standard InChI is InChI=1S/C14H27NO2/c1-13(2)11-4-5-14(13,3)12(10-11)15-6-8-17-9-7-16/h11-12,15-16H,4-10H2,1-3H3. The molecule has 0 heterocycles. The zero-order valence-corrected chi connectivity index (χ0v) is 11.5. The Balaban J connectivity index is 1.80. The summed E-state index contributed by atoms with van der Waals surface area (Å²) in [6, 6.07) is 0.647. The first kappa shape index (κ1) is 13.3. The lowest BCUT2D eigenvalue weighted by Gasteiger charge is -2.39. The second-order valence-corrected chi connectivity index (χ2v) is 6.45. The Labute approximate surface area is 105 Å². The zero-order chi connectivity index (χ0) is 12.5. The summed E-state index contributed by atoms with van der Waals surface area (Å²) in [5.41, 5.74) is 0.936. The molecule has 2 rings (SSSR count). The van der Waals surface area contributed by atoms with Gasteiger partial charge < -0.3 is 15.2 Å². The van der Waals surface area contributed by atoms with E-state index in [4.69, 9.17) is 9.84 Å². The number of hydrogen-bond donors (Lipinski definition) is 2. The van der Waals surface area contributed by atoms with Crippen molar-refractivity contribution in [3.63, 3.8) is 0 Å². The molecule has 3 nitrogen and oxygen atoms in total. The third-order valence-corrected chi connectivity index (χ3v) is 5.67. The van der Waals surface area contributed by atoms with Gasteiger partial charge in [0.1, 0.15) is 0 Å². The molecule has 0 saturated heterocycles. The molecule has 3 atom stereocenters. The zero-order valence-electron chi connectivity index (χ0n) is 11.5. The lowest BCUT2D eigenvalue weighted by atomic mass is 9.69. The van der Waals surface area contributed by atoms with E-state index in [9.17, 15) is 0 Å². The SMILES string of the molecule is CC1(C)C2CCC1(C)C(NCCOCCO)C2. The largest absolute Gasteiger partial charge is 0.394 e. The molecule has 2 aliphatic carbocycles. The highest BCUT2D eigenvalue weighted by molar-refractivity contribution is 5.12. The van der Waals surface area contributed by atoms with Crippen molar-refractivity contribution in [3.8, 4) is 0 Å². The Bertz CT molecular complexity index is 267. The van der Waals surface area contributed by atoms with Gasteiger partial charge in [0.15, 0.2) is 0 Å². The van der Waals surface area contributed by atoms with Crippen LogP contribution >= 0.6 is 0 Å². The van der Waals surface area contributed by atoms with E-state index in [0.717, 1.165) is 12.5 Å². The van der Waals surface area contributed by atoms with E-state index in [2.05, 4.69) is 26.1 Å². The summed E-state index contributed by atoms with van der Waals surface area (Å²) in [7, 11) is 0. The van der Waals surface area contributed by atoms with Crippen molar-refractivity contribution < 1.29 is 9.84 Å². The van der Waals surface area contributed by atoms with Gasteiger partial charge in [-0.3, -0.25) is 0 Å². The molecule has 0 spiro atoms. The summed E-state index contributed by atoms with van der Waals surface area (Å²) >= 11 is 0. The predicted octanol–water partition coefficient (Wildman–Crippen LogP) is 1.80. The van der Waals surface area contributed by atoms with Crippen LogP contribution in [0.15, 0.2) is 0 Å². The van der Waals surface area contributed by atoms with Crippen molar-refractivity contribution in [2.75, 3.05) is 26.4 Å². The Kier molecular flexibility index (Phi) is 3.81. The van der Waals surface area contributed by atoms with Gasteiger partial charge in [-0.2, -0.15) is 0 Å². The minimum absolute atomic E-state index is 0.121. The molecule has 2 N–H and O–H groups in total. The van der Waals surface area contributed by atoms with Crippen LogP contribution in [-0.2, 0) is 4.74 Å². The molecular weight excluding hydrogens is 214 g/mol. The number of aliphatic hydroxyl groups excluding tert-OH is 1. The molecule has 0 aromatic heterocycles. The lowest BCUT2D eigenvalue weighted by Crippen LogP contribution is -2.45. The van der Waals surface area contributed by atoms with Gasteiger partial charge in [-0.05, 0) is 36.0 Å². The fraction of sp³-hybridized carbons (Fsp3) is 1.00. The normalized spacial score (nSPS) is 38.8. The van der Waals surface area contributed by atoms with Gasteiger partial charge in [0.2, 0.25) is 0 Å². The van der Waals surface area contributed by atoms with Gasteiger partial charge in [-0.1, -0.05) is 20.8 Å². The molecule has 2 aliphatic rings. The molecule has 0 aromatic rings. The van der Waals surface area contributed by atoms with E-state index < -0.39 is 0 Å². The molecule has 0 amide bonds. The number of fused-ring (bicyclic) bond motifs is 2. The minimum Gasteiger partial charge on any atom is -0.394 e. The molecule has 3 unspecified atom stereocenters. The maximum atomic E-state index is 8.63. The van der Waals surface area contributed by atoms with E-state index in [-0.39, 0.29) is 6.61 Å². The number of rotatable bonds is 6. The number of aliphatic hydroxyl groups is 1. The van der Waals surface area contributed by atoms with Crippen molar-refractivity contribution in [2.45, 2.75) is 46.1 Å². The lowest BCUT2D eigenvalue weighted by molar-refractivity contribution is 0.0820. The van der Waals surface area contributed by atoms with Gasteiger partial charge >= 0.3 is 0 Å². The van der Waals surface area contributed by atoms with E-state index in [1.54, 1.807) is 0 Å². The van der Waals surface area contributed by atoms with Crippen LogP contribution in [-0.4, -0.2) is 37.5 Å². The number of ether oxygens (including phenoxy) is 1. The average Bonchev–Trinajstić information content (AvgIpc) is 2.61. The van der Waals surface area contributed by atoms with Crippen LogP contribution < -0.4 is 5.32 Å². The Morgan fingerprint density at radius 2 is 2.06 bits per heavy atom. The summed E-state index contributed by atoms with van der Waals surface area (Å²) in [6.07, 6.45) is 4.09. The first-order valence-corrected chi connectivity index (χ1v) is 6.94. The fourth-order valence-electron chi connectivity index (χ4n) is 3.98. The van der Waals surface area contributed by atoms with Crippen LogP contribution in [0, 0.1) is 16.7 Å². The average molecular weight is 241 g/mol. The van der Waals surface area contributed by atoms with Crippen molar-refractivity contribution in [1.29, 1.82) is 0 Å². The Hall–Kier alpha value is -0.120. The highest BCUT2D eigenvalue weighted by Gasteiger charge is 2.60. The monoisotopic (exact) mass is 241 g/mol. The van der Waals surface area contributed by atoms with Crippen molar-refractivity contribution in [1.82, 2.24) is 5.32 Å². The second kappa shape index (κ2) is 4.87. The molecule has 0 aromatic carbocycles. The highest BCUT2D eigenvalue weighted by Crippen LogP contribution is 2.65. The molecule has 0 radical (unpaired) electrons. The predicted molar refractivity (Wildman–Crippen MR) is 68.9 cm³/mol. The van der Waals surface area contributed by atoms with E-state index in [0.29, 0.717) is 30.1 Å². The summed E-state index contributed by atoms with van der Waals surface area (Å²) < 4.78 is 5.30. The van der Waals surface area contributed by atoms with Crippen LogP contribution in [0.25, 0.3) is 0 Å². The van der Waals surface area contributed by atoms with Crippen LogP contribution in [0.4, 0.5) is 0 Å². The van der Waals surface area contributed by atoms with Crippen molar-refractivity contribution in [3.05, 3.63) is 0 Å². The van der Waals surface area contributed by atoms with Gasteiger partial charge in [0.25, 0.3) is 0 Å². The molecule has 17 heavy (non-hydrogen) atoms. The van der Waals surface area contributed by atoms with Crippen LogP contribution in [0.5, 0.6) is 0 Å². The summed E-state index contributed by atoms with van der Waals surface area (Å²) in [5, 5.41) is 12.3. The molecule has 2 bridgehead atoms. The van der Waals surface area contributed by atoms with Gasteiger partial charge in [-0.25, -0.2) is 0 Å². The molecule has 2 saturated carbocycles. The number of hydrogen-bond acceptors (Lipinski definition) is 3. The first-order valence-electron chi connectivity index (χ1n) is 6.94. The van der Waals surface area contributed by atoms with E-state index in [1.807, 2.05) is 0 Å². The van der Waals surface area contributed by atoms with Gasteiger partial charge in [-0.15, -0.1) is 0 Å². The summed E-state index contributed by atoms with van der Waals surface area (Å²) in [5.74, 6) is 0.892. The quantitative estimate of drug-likeness (QED) is 0.697. The molecule has 3 heteroatoms. The van der Waals surface area contributed by atoms with Crippen LogP contribution in [0.1, 0.15) is 40.0 Å². The fourth-order valence-corrected chi connectivity index (χ4v) is 3.98. The second-order valence-electron chi connectivity index (χ2n) is 6.45. The maximum Gasteiger partial charge on any atom is 0.0698 e. The third kappa shape index (κ3) is 2.13. The molecular formula is C14H27NO2. The first-order chi connectivity index (χ1) is 8.02. The van der Waals surface area contributed by atoms with Gasteiger partial charge in [0.05, 0.1) is 19.8 Å². The maximum absolute atomic E-state index is 8.63. The topological polar surface area (TPSA) is 41.5 Å². The highest BCUT2D eigenvalue weighted by atomic mass is 16.5. The third-order valence-electron chi connectivity index (χ3n) is 5.67. The molecule has 0 aliphatic heterocycles. The smallest absolute Gasteiger partial charge is 0.0698 e. The van der Waals surface area contributed by atoms with Crippen molar-refractivity contribution in [2.24, 2.45) is 16.7 Å². The number of nitrogens with one attached hydrogen (secondary N) is 1. The van der Waals surface area contributed by atoms with Crippen LogP contribution in [0.2, 0.25) is 0 Å². The summed E-state index contributed by atoms with van der Waals surface area (Å²) in [6.45, 7) is 9.52. The van der Waals surface area contributed by atoms with Crippen molar-refractivity contribution >= 4 is 0 Å². The van der Waals surface area contributed by atoms with Crippen LogP contribution in [0.3, 0.4) is 0 Å². The minimum atomic E-state index is 0.121. The molecule has 100 valence electrons. The molecule has 2 fully saturated rings. The Morgan fingerprint density at radius 3 is 2.59 bits per heavy atom. The summed E-state index contributed by atoms with van der Waals surface area (Å²) in [4.78, 5) is 0. The van der Waals surface area contributed by atoms with Gasteiger partial charge in [0, 0.05) is 12.6 Å².